The van der Waals surface area contributed by atoms with Gasteiger partial charge >= 0.3 is 11.9 Å². The number of hydrogen-bond donors (Lipinski definition) is 0. The molecule has 0 radical (unpaired) electrons. The smallest absolute Gasteiger partial charge is 0.355 e. The number of methoxy groups -OCH3 is 2. The molecule has 0 saturated carbocycles. The molecule has 0 fully saturated rings. The molecule has 6 nitrogen and oxygen atoms in total. The fourth-order valence-corrected chi connectivity index (χ4v) is 2.85. The van der Waals surface area contributed by atoms with Crippen LogP contribution in [0, 0.1) is 6.92 Å². The quantitative estimate of drug-likeness (QED) is 0.760. The molecular weight excluding hydrogens is 356 g/mol. The molecule has 0 unspecified atom stereocenters. The van der Waals surface area contributed by atoms with Gasteiger partial charge in [-0.2, -0.15) is 0 Å². The van der Waals surface area contributed by atoms with E-state index in [2.05, 4.69) is 4.98 Å². The van der Waals surface area contributed by atoms with Gasteiger partial charge in [-0.15, -0.1) is 0 Å². The average molecular weight is 376 g/mol. The maximum atomic E-state index is 12.5. The monoisotopic (exact) mass is 376 g/mol. The summed E-state index contributed by atoms with van der Waals surface area (Å²) in [5.74, 6) is -1.26. The summed E-state index contributed by atoms with van der Waals surface area (Å²) in [5, 5.41) is 0. The summed E-state index contributed by atoms with van der Waals surface area (Å²) in [5.41, 5.74) is 3.82. The highest BCUT2D eigenvalue weighted by molar-refractivity contribution is 6.05. The zero-order valence-corrected chi connectivity index (χ0v) is 15.9. The Morgan fingerprint density at radius 3 is 2.32 bits per heavy atom. The molecule has 1 aliphatic rings. The van der Waals surface area contributed by atoms with Crippen molar-refractivity contribution >= 4 is 17.6 Å². The van der Waals surface area contributed by atoms with E-state index in [4.69, 9.17) is 9.47 Å². The van der Waals surface area contributed by atoms with Crippen LogP contribution in [0.25, 0.3) is 11.3 Å². The lowest BCUT2D eigenvalue weighted by molar-refractivity contribution is -0.139. The molecule has 0 amide bonds. The predicted molar refractivity (Wildman–Crippen MR) is 106 cm³/mol. The molecule has 28 heavy (non-hydrogen) atoms. The van der Waals surface area contributed by atoms with Gasteiger partial charge in [-0.25, -0.2) is 9.59 Å². The number of benzene rings is 1. The third-order valence-corrected chi connectivity index (χ3v) is 4.25. The van der Waals surface area contributed by atoms with E-state index in [9.17, 15) is 9.59 Å². The minimum Gasteiger partial charge on any atom is -0.465 e. The molecule has 2 aromatic rings. The van der Waals surface area contributed by atoms with Crippen LogP contribution >= 0.6 is 0 Å². The maximum absolute atomic E-state index is 12.5. The first-order valence-electron chi connectivity index (χ1n) is 8.63. The van der Waals surface area contributed by atoms with Gasteiger partial charge in [0.25, 0.3) is 0 Å². The molecule has 142 valence electrons. The van der Waals surface area contributed by atoms with Crippen molar-refractivity contribution in [2.75, 3.05) is 19.1 Å². The summed E-state index contributed by atoms with van der Waals surface area (Å²) in [6.07, 6.45) is 8.38. The van der Waals surface area contributed by atoms with Crippen LogP contribution in [0.15, 0.2) is 78.3 Å². The third-order valence-electron chi connectivity index (χ3n) is 4.25. The van der Waals surface area contributed by atoms with Gasteiger partial charge in [0.2, 0.25) is 0 Å². The number of carbonyl (C=O) groups excluding carboxylic acids is 2. The standard InChI is InChI=1S/C22H20N2O4/c1-15-11-12-23-19(14-15)16-7-9-17(10-8-16)24-13-5-4-6-18(21(25)27-2)20(24)22(26)28-3/h4-14H,1-3H3. The molecule has 0 bridgehead atoms. The fourth-order valence-electron chi connectivity index (χ4n) is 2.85. The minimum atomic E-state index is -0.638. The first kappa shape index (κ1) is 19.1. The van der Waals surface area contributed by atoms with Crippen molar-refractivity contribution in [3.05, 3.63) is 83.9 Å². The Morgan fingerprint density at radius 2 is 1.68 bits per heavy atom. The summed E-state index contributed by atoms with van der Waals surface area (Å²) >= 11 is 0. The second-order valence-electron chi connectivity index (χ2n) is 6.08. The summed E-state index contributed by atoms with van der Waals surface area (Å²) < 4.78 is 9.73. The predicted octanol–water partition coefficient (Wildman–Crippen LogP) is 3.55. The number of ether oxygens (including phenoxy) is 2. The van der Waals surface area contributed by atoms with Crippen molar-refractivity contribution in [3.8, 4) is 11.3 Å². The SMILES string of the molecule is COC(=O)C1=C(C(=O)OC)N(c2ccc(-c3cc(C)ccn3)cc2)C=CC=C1. The van der Waals surface area contributed by atoms with Gasteiger partial charge in [0.15, 0.2) is 0 Å². The van der Waals surface area contributed by atoms with E-state index in [1.807, 2.05) is 43.3 Å². The highest BCUT2D eigenvalue weighted by Crippen LogP contribution is 2.28. The molecule has 2 heterocycles. The van der Waals surface area contributed by atoms with Crippen LogP contribution in [0.2, 0.25) is 0 Å². The molecule has 6 heteroatoms. The van der Waals surface area contributed by atoms with E-state index in [0.29, 0.717) is 5.69 Å². The van der Waals surface area contributed by atoms with Gasteiger partial charge in [0, 0.05) is 23.6 Å². The molecule has 0 spiro atoms. The van der Waals surface area contributed by atoms with Gasteiger partial charge in [0.1, 0.15) is 5.70 Å². The van der Waals surface area contributed by atoms with Crippen molar-refractivity contribution in [1.29, 1.82) is 0 Å². The number of anilines is 1. The van der Waals surface area contributed by atoms with Crippen molar-refractivity contribution in [2.24, 2.45) is 0 Å². The van der Waals surface area contributed by atoms with Crippen molar-refractivity contribution in [3.63, 3.8) is 0 Å². The summed E-state index contributed by atoms with van der Waals surface area (Å²) in [6, 6.07) is 11.5. The van der Waals surface area contributed by atoms with Gasteiger partial charge in [-0.05, 0) is 48.9 Å². The van der Waals surface area contributed by atoms with Crippen LogP contribution in [0.1, 0.15) is 5.56 Å². The number of pyridine rings is 1. The largest absolute Gasteiger partial charge is 0.465 e. The zero-order chi connectivity index (χ0) is 20.1. The second kappa shape index (κ2) is 8.35. The lowest BCUT2D eigenvalue weighted by Crippen LogP contribution is -2.26. The Kier molecular flexibility index (Phi) is 5.69. The molecule has 1 aromatic heterocycles. The first-order valence-corrected chi connectivity index (χ1v) is 8.63. The Hall–Kier alpha value is -3.67. The number of aromatic nitrogens is 1. The van der Waals surface area contributed by atoms with E-state index in [-0.39, 0.29) is 11.3 Å². The summed E-state index contributed by atoms with van der Waals surface area (Å²) in [6.45, 7) is 2.01. The van der Waals surface area contributed by atoms with E-state index in [1.165, 1.54) is 20.3 Å². The van der Waals surface area contributed by atoms with Crippen molar-refractivity contribution in [1.82, 2.24) is 4.98 Å². The molecular formula is C22H20N2O4. The van der Waals surface area contributed by atoms with Gasteiger partial charge in [0.05, 0.1) is 25.5 Å². The Morgan fingerprint density at radius 1 is 0.964 bits per heavy atom. The van der Waals surface area contributed by atoms with Crippen molar-refractivity contribution in [2.45, 2.75) is 6.92 Å². The van der Waals surface area contributed by atoms with Gasteiger partial charge in [-0.3, -0.25) is 4.98 Å². The number of allylic oxidation sites excluding steroid dienone is 2. The Labute approximate surface area is 163 Å². The van der Waals surface area contributed by atoms with Crippen LogP contribution in [-0.4, -0.2) is 31.1 Å². The molecule has 3 rings (SSSR count). The number of nitrogens with zero attached hydrogens (tertiary/aromatic N) is 2. The summed E-state index contributed by atoms with van der Waals surface area (Å²) in [4.78, 5) is 30.6. The van der Waals surface area contributed by atoms with Crippen LogP contribution in [-0.2, 0) is 19.1 Å². The highest BCUT2D eigenvalue weighted by Gasteiger charge is 2.27. The average Bonchev–Trinajstić information content (AvgIpc) is 2.95. The zero-order valence-electron chi connectivity index (χ0n) is 15.9. The van der Waals surface area contributed by atoms with Gasteiger partial charge in [-0.1, -0.05) is 18.2 Å². The fraction of sp³-hybridized carbons (Fsp3) is 0.136. The highest BCUT2D eigenvalue weighted by atomic mass is 16.5. The molecule has 0 atom stereocenters. The van der Waals surface area contributed by atoms with Crippen LogP contribution < -0.4 is 4.90 Å². The maximum Gasteiger partial charge on any atom is 0.355 e. The Bertz CT molecular complexity index is 988. The van der Waals surface area contributed by atoms with E-state index in [1.54, 1.807) is 29.4 Å². The Balaban J connectivity index is 2.05. The number of hydrogen-bond acceptors (Lipinski definition) is 6. The van der Waals surface area contributed by atoms with E-state index < -0.39 is 11.9 Å². The normalized spacial score (nSPS) is 13.3. The van der Waals surface area contributed by atoms with Gasteiger partial charge < -0.3 is 14.4 Å². The van der Waals surface area contributed by atoms with Crippen LogP contribution in [0.5, 0.6) is 0 Å². The molecule has 0 N–H and O–H groups in total. The van der Waals surface area contributed by atoms with Crippen LogP contribution in [0.3, 0.4) is 0 Å². The molecule has 0 aliphatic carbocycles. The van der Waals surface area contributed by atoms with E-state index in [0.717, 1.165) is 16.8 Å². The molecule has 0 saturated heterocycles. The lowest BCUT2D eigenvalue weighted by Gasteiger charge is -2.23. The topological polar surface area (TPSA) is 68.7 Å². The number of aryl methyl sites for hydroxylation is 1. The number of carbonyl (C=O) groups is 2. The molecule has 1 aromatic carbocycles. The minimum absolute atomic E-state index is 0.0841. The first-order chi connectivity index (χ1) is 13.5. The van der Waals surface area contributed by atoms with Crippen LogP contribution in [0.4, 0.5) is 5.69 Å². The summed E-state index contributed by atoms with van der Waals surface area (Å²) in [7, 11) is 2.54. The number of esters is 2. The second-order valence-corrected chi connectivity index (χ2v) is 6.08. The number of rotatable bonds is 4. The van der Waals surface area contributed by atoms with Crippen molar-refractivity contribution < 1.29 is 19.1 Å². The molecule has 1 aliphatic heterocycles. The lowest BCUT2D eigenvalue weighted by atomic mass is 10.1. The third kappa shape index (κ3) is 3.86. The van der Waals surface area contributed by atoms with E-state index >= 15 is 0 Å².